The summed E-state index contributed by atoms with van der Waals surface area (Å²) in [5.74, 6) is 1.82. The number of pyridine rings is 1. The first-order valence-electron chi connectivity index (χ1n) is 3.95. The Kier molecular flexibility index (Phi) is 2.22. The second-order valence-electron chi connectivity index (χ2n) is 2.82. The Labute approximate surface area is 85.2 Å². The van der Waals surface area contributed by atoms with Gasteiger partial charge in [-0.25, -0.2) is 4.98 Å². The van der Waals surface area contributed by atoms with E-state index in [2.05, 4.69) is 20.9 Å². The Balaban J connectivity index is 2.22. The van der Waals surface area contributed by atoms with Gasteiger partial charge in [0.1, 0.15) is 11.6 Å². The molecule has 0 amide bonds. The van der Waals surface area contributed by atoms with E-state index in [9.17, 15) is 0 Å². The zero-order valence-corrected chi connectivity index (χ0v) is 8.78. The van der Waals surface area contributed by atoms with Crippen LogP contribution in [0.5, 0.6) is 0 Å². The molecule has 1 aromatic rings. The molecular formula is C9H9BrN2O. The number of allylic oxidation sites excluding steroid dienone is 1. The van der Waals surface area contributed by atoms with E-state index in [1.165, 1.54) is 0 Å². The van der Waals surface area contributed by atoms with Crippen molar-refractivity contribution >= 4 is 21.7 Å². The van der Waals surface area contributed by atoms with Gasteiger partial charge in [0, 0.05) is 16.9 Å². The molecule has 0 aromatic carbocycles. The van der Waals surface area contributed by atoms with Crippen molar-refractivity contribution in [3.8, 4) is 0 Å². The minimum absolute atomic E-state index is 0.556. The zero-order chi connectivity index (χ0) is 9.26. The molecule has 2 heterocycles. The van der Waals surface area contributed by atoms with Crippen molar-refractivity contribution in [3.05, 3.63) is 34.8 Å². The van der Waals surface area contributed by atoms with Crippen LogP contribution in [0.15, 0.2) is 34.8 Å². The van der Waals surface area contributed by atoms with Crippen LogP contribution in [0.25, 0.3) is 0 Å². The molecule has 0 radical (unpaired) electrons. The molecule has 0 atom stereocenters. The van der Waals surface area contributed by atoms with Gasteiger partial charge in [-0.2, -0.15) is 0 Å². The van der Waals surface area contributed by atoms with Crippen molar-refractivity contribution in [1.29, 1.82) is 0 Å². The van der Waals surface area contributed by atoms with Crippen LogP contribution >= 0.6 is 15.9 Å². The predicted molar refractivity (Wildman–Crippen MR) is 54.1 cm³/mol. The maximum absolute atomic E-state index is 5.29. The lowest BCUT2D eigenvalue weighted by molar-refractivity contribution is 0.247. The van der Waals surface area contributed by atoms with E-state index < -0.39 is 0 Å². The van der Waals surface area contributed by atoms with Crippen molar-refractivity contribution < 1.29 is 4.74 Å². The lowest BCUT2D eigenvalue weighted by Crippen LogP contribution is -2.14. The SMILES string of the molecule is CC1=CN(c2ccc(Br)cn2)CO1. The molecule has 4 heteroatoms. The fourth-order valence-corrected chi connectivity index (χ4v) is 1.37. The zero-order valence-electron chi connectivity index (χ0n) is 7.20. The van der Waals surface area contributed by atoms with Gasteiger partial charge in [0.2, 0.25) is 0 Å². The lowest BCUT2D eigenvalue weighted by atomic mass is 10.4. The van der Waals surface area contributed by atoms with Crippen LogP contribution in [0.4, 0.5) is 5.82 Å². The van der Waals surface area contributed by atoms with Gasteiger partial charge in [-0.15, -0.1) is 0 Å². The first kappa shape index (κ1) is 8.56. The number of hydrogen-bond acceptors (Lipinski definition) is 3. The first-order valence-corrected chi connectivity index (χ1v) is 4.74. The summed E-state index contributed by atoms with van der Waals surface area (Å²) in [4.78, 5) is 6.21. The molecule has 0 saturated carbocycles. The Morgan fingerprint density at radius 2 is 2.38 bits per heavy atom. The average Bonchev–Trinajstić information content (AvgIpc) is 2.53. The highest BCUT2D eigenvalue weighted by Crippen LogP contribution is 2.19. The molecule has 13 heavy (non-hydrogen) atoms. The fraction of sp³-hybridized carbons (Fsp3) is 0.222. The topological polar surface area (TPSA) is 25.4 Å². The van der Waals surface area contributed by atoms with Crippen molar-refractivity contribution in [2.24, 2.45) is 0 Å². The molecule has 0 unspecified atom stereocenters. The number of nitrogens with zero attached hydrogens (tertiary/aromatic N) is 2. The summed E-state index contributed by atoms with van der Waals surface area (Å²) in [6.45, 7) is 2.49. The number of ether oxygens (including phenoxy) is 1. The molecule has 3 nitrogen and oxygen atoms in total. The number of hydrogen-bond donors (Lipinski definition) is 0. The molecule has 0 aliphatic carbocycles. The number of rotatable bonds is 1. The smallest absolute Gasteiger partial charge is 0.166 e. The second-order valence-corrected chi connectivity index (χ2v) is 3.73. The van der Waals surface area contributed by atoms with Crippen molar-refractivity contribution in [3.63, 3.8) is 0 Å². The molecule has 0 N–H and O–H groups in total. The Morgan fingerprint density at radius 3 is 2.92 bits per heavy atom. The van der Waals surface area contributed by atoms with Gasteiger partial charge in [-0.1, -0.05) is 0 Å². The van der Waals surface area contributed by atoms with E-state index in [-0.39, 0.29) is 0 Å². The monoisotopic (exact) mass is 240 g/mol. The minimum Gasteiger partial charge on any atom is -0.476 e. The van der Waals surface area contributed by atoms with Crippen molar-refractivity contribution in [1.82, 2.24) is 4.98 Å². The molecule has 1 aromatic heterocycles. The highest BCUT2D eigenvalue weighted by atomic mass is 79.9. The third-order valence-corrected chi connectivity index (χ3v) is 2.24. The molecule has 0 bridgehead atoms. The van der Waals surface area contributed by atoms with Gasteiger partial charge in [0.15, 0.2) is 6.73 Å². The standard InChI is InChI=1S/C9H9BrN2O/c1-7-5-12(6-13-7)9-3-2-8(10)4-11-9/h2-5H,6H2,1H3. The first-order chi connectivity index (χ1) is 6.25. The number of halogens is 1. The molecule has 2 rings (SSSR count). The quantitative estimate of drug-likeness (QED) is 0.755. The van der Waals surface area contributed by atoms with Crippen molar-refractivity contribution in [2.75, 3.05) is 11.6 Å². The molecule has 0 saturated heterocycles. The van der Waals surface area contributed by atoms with E-state index in [0.717, 1.165) is 16.0 Å². The number of aromatic nitrogens is 1. The summed E-state index contributed by atoms with van der Waals surface area (Å²) < 4.78 is 6.27. The maximum atomic E-state index is 5.29. The van der Waals surface area contributed by atoms with Crippen LogP contribution in [-0.2, 0) is 4.74 Å². The van der Waals surface area contributed by atoms with Crippen LogP contribution in [0, 0.1) is 0 Å². The van der Waals surface area contributed by atoms with Crippen LogP contribution in [0.3, 0.4) is 0 Å². The third kappa shape index (κ3) is 1.83. The molecule has 0 spiro atoms. The summed E-state index contributed by atoms with van der Waals surface area (Å²) in [7, 11) is 0. The summed E-state index contributed by atoms with van der Waals surface area (Å²) in [5.41, 5.74) is 0. The largest absolute Gasteiger partial charge is 0.476 e. The van der Waals surface area contributed by atoms with Gasteiger partial charge in [0.25, 0.3) is 0 Å². The van der Waals surface area contributed by atoms with Gasteiger partial charge < -0.3 is 4.74 Å². The normalized spacial score (nSPS) is 15.5. The summed E-state index contributed by atoms with van der Waals surface area (Å²) in [6.07, 6.45) is 3.72. The third-order valence-electron chi connectivity index (χ3n) is 1.77. The highest BCUT2D eigenvalue weighted by Gasteiger charge is 2.12. The molecule has 1 aliphatic rings. The van der Waals surface area contributed by atoms with E-state index in [1.54, 1.807) is 6.20 Å². The molecule has 1 aliphatic heterocycles. The van der Waals surface area contributed by atoms with Gasteiger partial charge in [-0.3, -0.25) is 4.90 Å². The fourth-order valence-electron chi connectivity index (χ4n) is 1.14. The summed E-state index contributed by atoms with van der Waals surface area (Å²) in [6, 6.07) is 3.91. The predicted octanol–water partition coefficient (Wildman–Crippen LogP) is 2.50. The summed E-state index contributed by atoms with van der Waals surface area (Å²) in [5, 5.41) is 0. The van der Waals surface area contributed by atoms with Gasteiger partial charge in [0.05, 0.1) is 0 Å². The molecule has 0 fully saturated rings. The highest BCUT2D eigenvalue weighted by molar-refractivity contribution is 9.10. The van der Waals surface area contributed by atoms with E-state index in [1.807, 2.05) is 30.2 Å². The van der Waals surface area contributed by atoms with E-state index >= 15 is 0 Å². The van der Waals surface area contributed by atoms with E-state index in [0.29, 0.717) is 6.73 Å². The van der Waals surface area contributed by atoms with Gasteiger partial charge >= 0.3 is 0 Å². The Hall–Kier alpha value is -1.03. The van der Waals surface area contributed by atoms with Crippen LogP contribution < -0.4 is 4.90 Å². The molecular weight excluding hydrogens is 232 g/mol. The van der Waals surface area contributed by atoms with Crippen LogP contribution in [0.1, 0.15) is 6.92 Å². The molecule has 68 valence electrons. The minimum atomic E-state index is 0.556. The lowest BCUT2D eigenvalue weighted by Gasteiger charge is -2.11. The van der Waals surface area contributed by atoms with Crippen LogP contribution in [-0.4, -0.2) is 11.7 Å². The van der Waals surface area contributed by atoms with Crippen molar-refractivity contribution in [2.45, 2.75) is 6.92 Å². The van der Waals surface area contributed by atoms with Crippen LogP contribution in [0.2, 0.25) is 0 Å². The Bertz CT molecular complexity index is 334. The summed E-state index contributed by atoms with van der Waals surface area (Å²) >= 11 is 3.34. The number of anilines is 1. The second kappa shape index (κ2) is 3.38. The average molecular weight is 241 g/mol. The Morgan fingerprint density at radius 1 is 1.54 bits per heavy atom. The maximum Gasteiger partial charge on any atom is 0.166 e. The van der Waals surface area contributed by atoms with E-state index in [4.69, 9.17) is 4.74 Å². The van der Waals surface area contributed by atoms with Gasteiger partial charge in [-0.05, 0) is 35.0 Å².